The Morgan fingerprint density at radius 2 is 1.92 bits per heavy atom. The smallest absolute Gasteiger partial charge is 0.0879 e. The second kappa shape index (κ2) is 3.45. The zero-order valence-corrected chi connectivity index (χ0v) is 9.52. The number of hydrogen-bond acceptors (Lipinski definition) is 1. The van der Waals surface area contributed by atoms with Crippen LogP contribution in [0, 0.1) is 11.8 Å². The van der Waals surface area contributed by atoms with Crippen LogP contribution in [-0.4, -0.2) is 10.7 Å². The second-order valence-electron chi connectivity index (χ2n) is 4.83. The van der Waals surface area contributed by atoms with Crippen molar-refractivity contribution in [2.45, 2.75) is 53.1 Å². The predicted octanol–water partition coefficient (Wildman–Crippen LogP) is 3.14. The molecule has 1 aliphatic carbocycles. The topological polar surface area (TPSA) is 20.2 Å². The zero-order chi connectivity index (χ0) is 10.2. The lowest BCUT2D eigenvalue weighted by atomic mass is 9.70. The van der Waals surface area contributed by atoms with Crippen molar-refractivity contribution < 1.29 is 5.11 Å². The Labute approximate surface area is 81.9 Å². The molecule has 1 rings (SSSR count). The summed E-state index contributed by atoms with van der Waals surface area (Å²) in [5.74, 6) is 0.981. The van der Waals surface area contributed by atoms with E-state index in [4.69, 9.17) is 0 Å². The fourth-order valence-electron chi connectivity index (χ4n) is 2.27. The van der Waals surface area contributed by atoms with Gasteiger partial charge in [-0.1, -0.05) is 26.3 Å². The molecule has 76 valence electrons. The summed E-state index contributed by atoms with van der Waals surface area (Å²) in [6.45, 7) is 10.7. The van der Waals surface area contributed by atoms with Gasteiger partial charge in [0.15, 0.2) is 0 Å². The normalized spacial score (nSPS) is 35.8. The standard InChI is InChI=1S/C12H22O/c1-8(2)12(13)7-6-9(3)10(4)11(12)5/h8-9,13H,6-7H2,1-5H3. The lowest BCUT2D eigenvalue weighted by molar-refractivity contribution is 0.0102. The van der Waals surface area contributed by atoms with Crippen molar-refractivity contribution in [2.75, 3.05) is 0 Å². The van der Waals surface area contributed by atoms with Crippen molar-refractivity contribution in [1.29, 1.82) is 0 Å². The highest BCUT2D eigenvalue weighted by atomic mass is 16.3. The third-order valence-corrected chi connectivity index (χ3v) is 3.89. The summed E-state index contributed by atoms with van der Waals surface area (Å²) >= 11 is 0. The van der Waals surface area contributed by atoms with Crippen LogP contribution in [0.1, 0.15) is 47.5 Å². The van der Waals surface area contributed by atoms with E-state index in [-0.39, 0.29) is 0 Å². The van der Waals surface area contributed by atoms with Gasteiger partial charge in [0.25, 0.3) is 0 Å². The molecular formula is C12H22O. The Balaban J connectivity index is 3.04. The minimum Gasteiger partial charge on any atom is -0.385 e. The highest BCUT2D eigenvalue weighted by Crippen LogP contribution is 2.40. The molecule has 1 N–H and O–H groups in total. The van der Waals surface area contributed by atoms with Gasteiger partial charge in [-0.15, -0.1) is 0 Å². The quantitative estimate of drug-likeness (QED) is 0.618. The van der Waals surface area contributed by atoms with Crippen molar-refractivity contribution in [3.05, 3.63) is 11.1 Å². The van der Waals surface area contributed by atoms with Gasteiger partial charge >= 0.3 is 0 Å². The van der Waals surface area contributed by atoms with E-state index in [1.807, 2.05) is 0 Å². The van der Waals surface area contributed by atoms with Gasteiger partial charge < -0.3 is 5.11 Å². The summed E-state index contributed by atoms with van der Waals surface area (Å²) in [7, 11) is 0. The molecule has 0 saturated heterocycles. The molecule has 0 spiro atoms. The summed E-state index contributed by atoms with van der Waals surface area (Å²) in [5.41, 5.74) is 2.07. The second-order valence-corrected chi connectivity index (χ2v) is 4.83. The molecular weight excluding hydrogens is 160 g/mol. The van der Waals surface area contributed by atoms with Gasteiger partial charge in [-0.3, -0.25) is 0 Å². The summed E-state index contributed by atoms with van der Waals surface area (Å²) in [5, 5.41) is 10.4. The summed E-state index contributed by atoms with van der Waals surface area (Å²) in [6.07, 6.45) is 2.05. The Morgan fingerprint density at radius 1 is 1.38 bits per heavy atom. The Kier molecular flexibility index (Phi) is 2.86. The van der Waals surface area contributed by atoms with Crippen molar-refractivity contribution in [1.82, 2.24) is 0 Å². The van der Waals surface area contributed by atoms with Gasteiger partial charge in [-0.2, -0.15) is 0 Å². The molecule has 0 radical (unpaired) electrons. The van der Waals surface area contributed by atoms with Crippen LogP contribution in [0.2, 0.25) is 0 Å². The highest BCUT2D eigenvalue weighted by Gasteiger charge is 2.37. The molecule has 0 aromatic carbocycles. The van der Waals surface area contributed by atoms with Gasteiger partial charge in [-0.25, -0.2) is 0 Å². The maximum atomic E-state index is 10.4. The average molecular weight is 182 g/mol. The first-order valence-electron chi connectivity index (χ1n) is 5.29. The Bertz CT molecular complexity index is 227. The zero-order valence-electron chi connectivity index (χ0n) is 9.52. The van der Waals surface area contributed by atoms with E-state index in [2.05, 4.69) is 34.6 Å². The van der Waals surface area contributed by atoms with Crippen LogP contribution >= 0.6 is 0 Å². The van der Waals surface area contributed by atoms with E-state index in [0.717, 1.165) is 12.8 Å². The molecule has 0 aliphatic heterocycles. The van der Waals surface area contributed by atoms with Crippen LogP contribution in [-0.2, 0) is 0 Å². The van der Waals surface area contributed by atoms with Gasteiger partial charge in [0.05, 0.1) is 5.60 Å². The monoisotopic (exact) mass is 182 g/mol. The van der Waals surface area contributed by atoms with Gasteiger partial charge in [-0.05, 0) is 44.1 Å². The van der Waals surface area contributed by atoms with Crippen molar-refractivity contribution in [2.24, 2.45) is 11.8 Å². The lowest BCUT2D eigenvalue weighted by Crippen LogP contribution is -2.40. The molecule has 2 unspecified atom stereocenters. The average Bonchev–Trinajstić information content (AvgIpc) is 2.08. The molecule has 0 heterocycles. The van der Waals surface area contributed by atoms with Crippen LogP contribution in [0.3, 0.4) is 0 Å². The maximum Gasteiger partial charge on any atom is 0.0879 e. The van der Waals surface area contributed by atoms with Gasteiger partial charge in [0.2, 0.25) is 0 Å². The van der Waals surface area contributed by atoms with Crippen LogP contribution < -0.4 is 0 Å². The SMILES string of the molecule is CC1=C(C)C(O)(C(C)C)CCC1C. The van der Waals surface area contributed by atoms with Crippen LogP contribution in [0.4, 0.5) is 0 Å². The van der Waals surface area contributed by atoms with E-state index in [0.29, 0.717) is 11.8 Å². The maximum absolute atomic E-state index is 10.4. The number of aliphatic hydroxyl groups is 1. The molecule has 1 aliphatic rings. The predicted molar refractivity (Wildman–Crippen MR) is 56.6 cm³/mol. The Hall–Kier alpha value is -0.300. The summed E-state index contributed by atoms with van der Waals surface area (Å²) in [4.78, 5) is 0. The fourth-order valence-corrected chi connectivity index (χ4v) is 2.27. The third kappa shape index (κ3) is 1.67. The van der Waals surface area contributed by atoms with E-state index >= 15 is 0 Å². The molecule has 0 aromatic heterocycles. The highest BCUT2D eigenvalue weighted by molar-refractivity contribution is 5.26. The molecule has 1 nitrogen and oxygen atoms in total. The first-order valence-corrected chi connectivity index (χ1v) is 5.29. The Morgan fingerprint density at radius 3 is 2.38 bits per heavy atom. The number of allylic oxidation sites excluding steroid dienone is 1. The summed E-state index contributed by atoms with van der Waals surface area (Å²) < 4.78 is 0. The number of rotatable bonds is 1. The van der Waals surface area contributed by atoms with Gasteiger partial charge in [0, 0.05) is 0 Å². The van der Waals surface area contributed by atoms with Crippen LogP contribution in [0.25, 0.3) is 0 Å². The molecule has 1 heteroatoms. The minimum absolute atomic E-state index is 0.329. The molecule has 0 fully saturated rings. The van der Waals surface area contributed by atoms with E-state index in [1.54, 1.807) is 0 Å². The van der Waals surface area contributed by atoms with E-state index in [9.17, 15) is 5.11 Å². The molecule has 0 saturated carbocycles. The van der Waals surface area contributed by atoms with Gasteiger partial charge in [0.1, 0.15) is 0 Å². The molecule has 13 heavy (non-hydrogen) atoms. The molecule has 0 amide bonds. The number of hydrogen-bond donors (Lipinski definition) is 1. The van der Waals surface area contributed by atoms with E-state index < -0.39 is 5.60 Å². The first-order chi connectivity index (χ1) is 5.89. The third-order valence-electron chi connectivity index (χ3n) is 3.89. The van der Waals surface area contributed by atoms with Crippen molar-refractivity contribution in [3.8, 4) is 0 Å². The largest absolute Gasteiger partial charge is 0.385 e. The fraction of sp³-hybridized carbons (Fsp3) is 0.833. The first kappa shape index (κ1) is 10.8. The molecule has 2 atom stereocenters. The summed E-state index contributed by atoms with van der Waals surface area (Å²) in [6, 6.07) is 0. The lowest BCUT2D eigenvalue weighted by Gasteiger charge is -2.40. The minimum atomic E-state index is -0.531. The van der Waals surface area contributed by atoms with E-state index in [1.165, 1.54) is 11.1 Å². The molecule has 0 bridgehead atoms. The van der Waals surface area contributed by atoms with Crippen LogP contribution in [0.15, 0.2) is 11.1 Å². The van der Waals surface area contributed by atoms with Crippen molar-refractivity contribution >= 4 is 0 Å². The van der Waals surface area contributed by atoms with Crippen LogP contribution in [0.5, 0.6) is 0 Å². The molecule has 0 aromatic rings. The van der Waals surface area contributed by atoms with Crippen molar-refractivity contribution in [3.63, 3.8) is 0 Å².